The second-order valence-electron chi connectivity index (χ2n) is 4.32. The number of phenolic OH excluding ortho intramolecular Hbond substituents is 1. The molecule has 16 heavy (non-hydrogen) atoms. The Bertz CT molecular complexity index is 364. The lowest BCUT2D eigenvalue weighted by molar-refractivity contribution is 0.316. The molecule has 1 aliphatic rings. The first-order valence-electron chi connectivity index (χ1n) is 5.63. The van der Waals surface area contributed by atoms with Crippen LogP contribution in [0.1, 0.15) is 24.4 Å². The van der Waals surface area contributed by atoms with E-state index in [0.29, 0.717) is 11.7 Å². The van der Waals surface area contributed by atoms with Crippen molar-refractivity contribution in [3.8, 4) is 5.75 Å². The van der Waals surface area contributed by atoms with Gasteiger partial charge in [-0.3, -0.25) is 0 Å². The largest absolute Gasteiger partial charge is 0.508 e. The fourth-order valence-electron chi connectivity index (χ4n) is 2.25. The second-order valence-corrected chi connectivity index (χ2v) is 5.23. The zero-order valence-electron chi connectivity index (χ0n) is 9.12. The third-order valence-corrected chi connectivity index (χ3v) is 3.73. The molecular weight excluding hydrogens is 268 g/mol. The van der Waals surface area contributed by atoms with Crippen molar-refractivity contribution in [2.75, 3.05) is 13.1 Å². The Hall–Kier alpha value is -0.580. The number of rotatable bonds is 2. The maximum absolute atomic E-state index is 9.82. The van der Waals surface area contributed by atoms with Crippen LogP contribution in [0.2, 0.25) is 0 Å². The van der Waals surface area contributed by atoms with Crippen LogP contribution in [0.15, 0.2) is 22.7 Å². The van der Waals surface area contributed by atoms with Crippen LogP contribution < -0.4 is 11.1 Å². The Morgan fingerprint density at radius 1 is 1.38 bits per heavy atom. The van der Waals surface area contributed by atoms with Gasteiger partial charge < -0.3 is 16.2 Å². The fraction of sp³-hybridized carbons (Fsp3) is 0.500. The van der Waals surface area contributed by atoms with Gasteiger partial charge in [0.2, 0.25) is 0 Å². The van der Waals surface area contributed by atoms with Gasteiger partial charge in [0.25, 0.3) is 0 Å². The van der Waals surface area contributed by atoms with Crippen LogP contribution in [0, 0.1) is 5.92 Å². The lowest BCUT2D eigenvalue weighted by Crippen LogP contribution is -2.33. The highest BCUT2D eigenvalue weighted by Gasteiger charge is 2.23. The van der Waals surface area contributed by atoms with Crippen LogP contribution in [0.4, 0.5) is 0 Å². The molecule has 1 saturated heterocycles. The molecule has 88 valence electrons. The first kappa shape index (κ1) is 11.9. The maximum atomic E-state index is 9.82. The molecule has 4 heteroatoms. The number of piperidine rings is 1. The number of hydrogen-bond donors (Lipinski definition) is 3. The van der Waals surface area contributed by atoms with Crippen LogP contribution >= 0.6 is 15.9 Å². The number of phenols is 1. The first-order valence-corrected chi connectivity index (χ1v) is 6.42. The monoisotopic (exact) mass is 284 g/mol. The quantitative estimate of drug-likeness (QED) is 0.780. The van der Waals surface area contributed by atoms with Crippen molar-refractivity contribution in [3.63, 3.8) is 0 Å². The highest BCUT2D eigenvalue weighted by molar-refractivity contribution is 9.10. The summed E-state index contributed by atoms with van der Waals surface area (Å²) in [6.07, 6.45) is 2.15. The molecule has 1 atom stereocenters. The number of benzene rings is 1. The zero-order chi connectivity index (χ0) is 11.5. The predicted molar refractivity (Wildman–Crippen MR) is 68.3 cm³/mol. The summed E-state index contributed by atoms with van der Waals surface area (Å²) >= 11 is 3.41. The van der Waals surface area contributed by atoms with Crippen molar-refractivity contribution in [1.82, 2.24) is 5.32 Å². The van der Waals surface area contributed by atoms with E-state index in [0.717, 1.165) is 36.0 Å². The van der Waals surface area contributed by atoms with Crippen LogP contribution in [-0.4, -0.2) is 18.2 Å². The molecule has 0 bridgehead atoms. The molecule has 0 radical (unpaired) electrons. The Balaban J connectivity index is 2.18. The van der Waals surface area contributed by atoms with Crippen molar-refractivity contribution in [1.29, 1.82) is 0 Å². The third-order valence-electron chi connectivity index (χ3n) is 3.24. The van der Waals surface area contributed by atoms with E-state index in [2.05, 4.69) is 21.2 Å². The molecule has 1 aromatic rings. The standard InChI is InChI=1S/C12H17BrN2O/c13-9-1-2-11(16)10(7-9)12(14)8-3-5-15-6-4-8/h1-2,7-8,12,15-16H,3-6,14H2/t12-/m1/s1. The lowest BCUT2D eigenvalue weighted by atomic mass is 9.86. The van der Waals surface area contributed by atoms with Gasteiger partial charge in [-0.15, -0.1) is 0 Å². The summed E-state index contributed by atoms with van der Waals surface area (Å²) in [5.41, 5.74) is 7.08. The minimum Gasteiger partial charge on any atom is -0.508 e. The molecule has 0 amide bonds. The highest BCUT2D eigenvalue weighted by Crippen LogP contribution is 2.33. The smallest absolute Gasteiger partial charge is 0.120 e. The summed E-state index contributed by atoms with van der Waals surface area (Å²) in [7, 11) is 0. The van der Waals surface area contributed by atoms with E-state index in [9.17, 15) is 5.11 Å². The van der Waals surface area contributed by atoms with E-state index in [1.165, 1.54) is 0 Å². The van der Waals surface area contributed by atoms with Gasteiger partial charge in [0.15, 0.2) is 0 Å². The molecule has 2 rings (SSSR count). The SMILES string of the molecule is N[C@@H](c1cc(Br)ccc1O)C1CCNCC1. The van der Waals surface area contributed by atoms with Crippen LogP contribution in [-0.2, 0) is 0 Å². The fourth-order valence-corrected chi connectivity index (χ4v) is 2.63. The number of aromatic hydroxyl groups is 1. The highest BCUT2D eigenvalue weighted by atomic mass is 79.9. The Morgan fingerprint density at radius 2 is 2.06 bits per heavy atom. The number of halogens is 1. The van der Waals surface area contributed by atoms with Gasteiger partial charge in [-0.1, -0.05) is 15.9 Å². The van der Waals surface area contributed by atoms with Gasteiger partial charge in [0.1, 0.15) is 5.75 Å². The van der Waals surface area contributed by atoms with Crippen molar-refractivity contribution < 1.29 is 5.11 Å². The summed E-state index contributed by atoms with van der Waals surface area (Å²) in [5, 5.41) is 13.1. The van der Waals surface area contributed by atoms with Crippen LogP contribution in [0.25, 0.3) is 0 Å². The van der Waals surface area contributed by atoms with E-state index in [1.54, 1.807) is 6.07 Å². The Morgan fingerprint density at radius 3 is 2.75 bits per heavy atom. The zero-order valence-corrected chi connectivity index (χ0v) is 10.7. The molecule has 0 unspecified atom stereocenters. The summed E-state index contributed by atoms with van der Waals surface area (Å²) in [6.45, 7) is 2.04. The molecule has 0 aromatic heterocycles. The van der Waals surface area contributed by atoms with Crippen LogP contribution in [0.5, 0.6) is 5.75 Å². The minimum absolute atomic E-state index is 0.0698. The lowest BCUT2D eigenvalue weighted by Gasteiger charge is -2.28. The Labute approximate surface area is 104 Å². The molecule has 0 spiro atoms. The van der Waals surface area contributed by atoms with Gasteiger partial charge in [0.05, 0.1) is 0 Å². The van der Waals surface area contributed by atoms with Gasteiger partial charge >= 0.3 is 0 Å². The summed E-state index contributed by atoms with van der Waals surface area (Å²) in [6, 6.07) is 5.37. The van der Waals surface area contributed by atoms with E-state index in [4.69, 9.17) is 5.73 Å². The first-order chi connectivity index (χ1) is 7.68. The van der Waals surface area contributed by atoms with Gasteiger partial charge in [0, 0.05) is 16.1 Å². The van der Waals surface area contributed by atoms with E-state index in [1.807, 2.05) is 12.1 Å². The average Bonchev–Trinajstić information content (AvgIpc) is 2.32. The number of nitrogens with two attached hydrogens (primary N) is 1. The molecular formula is C12H17BrN2O. The normalized spacial score (nSPS) is 19.6. The number of hydrogen-bond acceptors (Lipinski definition) is 3. The Kier molecular flexibility index (Phi) is 3.84. The van der Waals surface area contributed by atoms with Crippen molar-refractivity contribution in [2.24, 2.45) is 11.7 Å². The van der Waals surface area contributed by atoms with E-state index >= 15 is 0 Å². The summed E-state index contributed by atoms with van der Waals surface area (Å²) in [4.78, 5) is 0. The summed E-state index contributed by atoms with van der Waals surface area (Å²) in [5.74, 6) is 0.760. The molecule has 1 heterocycles. The molecule has 1 fully saturated rings. The average molecular weight is 285 g/mol. The molecule has 3 nitrogen and oxygen atoms in total. The molecule has 1 aliphatic heterocycles. The molecule has 0 saturated carbocycles. The van der Waals surface area contributed by atoms with Gasteiger partial charge in [-0.05, 0) is 50.0 Å². The second kappa shape index (κ2) is 5.17. The van der Waals surface area contributed by atoms with Gasteiger partial charge in [-0.2, -0.15) is 0 Å². The van der Waals surface area contributed by atoms with Gasteiger partial charge in [-0.25, -0.2) is 0 Å². The maximum Gasteiger partial charge on any atom is 0.120 e. The van der Waals surface area contributed by atoms with Crippen molar-refractivity contribution in [3.05, 3.63) is 28.2 Å². The topological polar surface area (TPSA) is 58.3 Å². The number of nitrogens with one attached hydrogen (secondary N) is 1. The predicted octanol–water partition coefficient (Wildman–Crippen LogP) is 2.15. The third kappa shape index (κ3) is 2.56. The van der Waals surface area contributed by atoms with Crippen molar-refractivity contribution >= 4 is 15.9 Å². The molecule has 0 aliphatic carbocycles. The minimum atomic E-state index is -0.0698. The van der Waals surface area contributed by atoms with Crippen molar-refractivity contribution in [2.45, 2.75) is 18.9 Å². The molecule has 4 N–H and O–H groups in total. The van der Waals surface area contributed by atoms with E-state index in [-0.39, 0.29) is 6.04 Å². The van der Waals surface area contributed by atoms with E-state index < -0.39 is 0 Å². The summed E-state index contributed by atoms with van der Waals surface area (Å²) < 4.78 is 0.963. The van der Waals surface area contributed by atoms with Crippen LogP contribution in [0.3, 0.4) is 0 Å². The molecule has 1 aromatic carbocycles.